The number of hydrogen-bond acceptors (Lipinski definition) is 2. The van der Waals surface area contributed by atoms with E-state index in [1.807, 2.05) is 6.07 Å². The fraction of sp³-hybridized carbons (Fsp3) is 0.222. The van der Waals surface area contributed by atoms with Crippen LogP contribution < -0.4 is 0 Å². The zero-order chi connectivity index (χ0) is 18.8. The standard InChI is InChI=1S/C18H15BrF2N2OS/c1-18(2,3)25(24)23-17(11-7-8-16(21)14(19)9-11)12-5-4-6-15(20)13(12)10-22/h4-9H,1-3H3. The van der Waals surface area contributed by atoms with Gasteiger partial charge in [0.1, 0.15) is 28.7 Å². The summed E-state index contributed by atoms with van der Waals surface area (Å²) in [6.07, 6.45) is 0. The summed E-state index contributed by atoms with van der Waals surface area (Å²) in [5.74, 6) is -1.17. The third-order valence-corrected chi connectivity index (χ3v) is 5.28. The predicted octanol–water partition coefficient (Wildman–Crippen LogP) is 4.90. The van der Waals surface area contributed by atoms with Crippen LogP contribution in [-0.4, -0.2) is 14.7 Å². The Kier molecular flexibility index (Phi) is 5.86. The van der Waals surface area contributed by atoms with Gasteiger partial charge in [-0.15, -0.1) is 0 Å². The predicted molar refractivity (Wildman–Crippen MR) is 98.7 cm³/mol. The van der Waals surface area contributed by atoms with E-state index in [0.29, 0.717) is 5.56 Å². The molecule has 130 valence electrons. The quantitative estimate of drug-likeness (QED) is 0.657. The molecule has 0 aliphatic rings. The van der Waals surface area contributed by atoms with Crippen molar-refractivity contribution < 1.29 is 13.0 Å². The lowest BCUT2D eigenvalue weighted by molar-refractivity contribution is 0.621. The molecule has 0 saturated carbocycles. The van der Waals surface area contributed by atoms with Crippen molar-refractivity contribution in [1.82, 2.24) is 0 Å². The molecule has 7 heteroatoms. The molecule has 0 heterocycles. The maximum absolute atomic E-state index is 14.0. The fourth-order valence-corrected chi connectivity index (χ4v) is 2.98. The Morgan fingerprint density at radius 1 is 1.20 bits per heavy atom. The fourth-order valence-electron chi connectivity index (χ4n) is 1.96. The first-order chi connectivity index (χ1) is 11.6. The highest BCUT2D eigenvalue weighted by atomic mass is 79.9. The Bertz CT molecular complexity index is 914. The van der Waals surface area contributed by atoms with Crippen molar-refractivity contribution in [1.29, 1.82) is 5.26 Å². The second-order valence-electron chi connectivity index (χ2n) is 6.20. The van der Waals surface area contributed by atoms with Crippen LogP contribution in [0.25, 0.3) is 0 Å². The molecule has 0 spiro atoms. The Balaban J connectivity index is 2.76. The van der Waals surface area contributed by atoms with Crippen molar-refractivity contribution in [3.05, 3.63) is 69.2 Å². The van der Waals surface area contributed by atoms with Gasteiger partial charge in [0, 0.05) is 11.1 Å². The van der Waals surface area contributed by atoms with Crippen molar-refractivity contribution in [2.45, 2.75) is 25.5 Å². The molecule has 0 aliphatic carbocycles. The topological polar surface area (TPSA) is 53.2 Å². The molecular weight excluding hydrogens is 410 g/mol. The van der Waals surface area contributed by atoms with E-state index >= 15 is 0 Å². The molecular formula is C18H15BrF2N2OS. The zero-order valence-electron chi connectivity index (χ0n) is 13.8. The van der Waals surface area contributed by atoms with Gasteiger partial charge in [-0.25, -0.2) is 13.0 Å². The first kappa shape index (κ1) is 19.4. The normalized spacial score (nSPS) is 13.4. The molecule has 0 N–H and O–H groups in total. The lowest BCUT2D eigenvalue weighted by atomic mass is 9.98. The number of nitrogens with zero attached hydrogens (tertiary/aromatic N) is 2. The maximum Gasteiger partial charge on any atom is 0.145 e. The van der Waals surface area contributed by atoms with Crippen LogP contribution in [0.3, 0.4) is 0 Å². The van der Waals surface area contributed by atoms with E-state index in [2.05, 4.69) is 20.3 Å². The summed E-state index contributed by atoms with van der Waals surface area (Å²) in [6.45, 7) is 5.25. The molecule has 0 saturated heterocycles. The Hall–Kier alpha value is -1.91. The average molecular weight is 425 g/mol. The van der Waals surface area contributed by atoms with Crippen LogP contribution in [0.2, 0.25) is 0 Å². The van der Waals surface area contributed by atoms with Crippen LogP contribution in [0.15, 0.2) is 45.3 Å². The van der Waals surface area contributed by atoms with Crippen LogP contribution in [0.4, 0.5) is 8.78 Å². The number of halogens is 3. The molecule has 0 aliphatic heterocycles. The Morgan fingerprint density at radius 2 is 1.88 bits per heavy atom. The number of benzene rings is 2. The van der Waals surface area contributed by atoms with Crippen LogP contribution in [0.5, 0.6) is 0 Å². The largest absolute Gasteiger partial charge is 0.234 e. The lowest BCUT2D eigenvalue weighted by Gasteiger charge is -2.16. The van der Waals surface area contributed by atoms with Crippen molar-refractivity contribution in [3.63, 3.8) is 0 Å². The van der Waals surface area contributed by atoms with E-state index in [1.54, 1.807) is 20.8 Å². The number of rotatable bonds is 3. The van der Waals surface area contributed by atoms with Gasteiger partial charge in [-0.3, -0.25) is 0 Å². The molecule has 0 radical (unpaired) electrons. The van der Waals surface area contributed by atoms with Gasteiger partial charge >= 0.3 is 0 Å². The minimum absolute atomic E-state index is 0.171. The minimum atomic E-state index is -1.65. The van der Waals surface area contributed by atoms with Crippen molar-refractivity contribution in [3.8, 4) is 6.07 Å². The first-order valence-electron chi connectivity index (χ1n) is 7.30. The molecule has 3 nitrogen and oxygen atoms in total. The van der Waals surface area contributed by atoms with Crippen LogP contribution in [-0.2, 0) is 11.0 Å². The van der Waals surface area contributed by atoms with E-state index < -0.39 is 27.4 Å². The van der Waals surface area contributed by atoms with Crippen molar-refractivity contribution >= 4 is 32.6 Å². The number of hydrogen-bond donors (Lipinski definition) is 0. The van der Waals surface area contributed by atoms with Gasteiger partial charge < -0.3 is 0 Å². The second-order valence-corrected chi connectivity index (χ2v) is 8.96. The molecule has 1 unspecified atom stereocenters. The molecule has 2 aromatic rings. The van der Waals surface area contributed by atoms with Crippen LogP contribution in [0, 0.1) is 23.0 Å². The molecule has 0 amide bonds. The highest BCUT2D eigenvalue weighted by Crippen LogP contribution is 2.24. The van der Waals surface area contributed by atoms with Crippen molar-refractivity contribution in [2.75, 3.05) is 0 Å². The van der Waals surface area contributed by atoms with E-state index in [9.17, 15) is 18.3 Å². The third kappa shape index (κ3) is 4.39. The highest BCUT2D eigenvalue weighted by Gasteiger charge is 2.23. The molecule has 0 aromatic heterocycles. The van der Waals surface area contributed by atoms with Gasteiger partial charge in [-0.05, 0) is 61.0 Å². The maximum atomic E-state index is 14.0. The van der Waals surface area contributed by atoms with Gasteiger partial charge in [0.25, 0.3) is 0 Å². The highest BCUT2D eigenvalue weighted by molar-refractivity contribution is 9.10. The second kappa shape index (κ2) is 7.54. The van der Waals surface area contributed by atoms with Gasteiger partial charge in [0.05, 0.1) is 20.5 Å². The zero-order valence-corrected chi connectivity index (χ0v) is 16.2. The third-order valence-electron chi connectivity index (χ3n) is 3.27. The van der Waals surface area contributed by atoms with E-state index in [-0.39, 0.29) is 21.3 Å². The Labute approximate surface area is 156 Å². The van der Waals surface area contributed by atoms with Gasteiger partial charge in [-0.1, -0.05) is 12.1 Å². The lowest BCUT2D eigenvalue weighted by Crippen LogP contribution is -2.22. The summed E-state index contributed by atoms with van der Waals surface area (Å²) in [5, 5.41) is 9.30. The van der Waals surface area contributed by atoms with Gasteiger partial charge in [-0.2, -0.15) is 9.66 Å². The van der Waals surface area contributed by atoms with Crippen LogP contribution in [0.1, 0.15) is 37.5 Å². The summed E-state index contributed by atoms with van der Waals surface area (Å²) < 4.78 is 43.9. The first-order valence-corrected chi connectivity index (χ1v) is 9.20. The Morgan fingerprint density at radius 3 is 2.44 bits per heavy atom. The summed E-state index contributed by atoms with van der Waals surface area (Å²) >= 11 is 3.10. The van der Waals surface area contributed by atoms with Gasteiger partial charge in [0.2, 0.25) is 0 Å². The van der Waals surface area contributed by atoms with E-state index in [1.165, 1.54) is 36.4 Å². The monoisotopic (exact) mass is 424 g/mol. The summed E-state index contributed by atoms with van der Waals surface area (Å²) in [4.78, 5) is 0. The van der Waals surface area contributed by atoms with Crippen LogP contribution >= 0.6 is 15.9 Å². The van der Waals surface area contributed by atoms with Gasteiger partial charge in [0.15, 0.2) is 0 Å². The minimum Gasteiger partial charge on any atom is -0.234 e. The molecule has 2 aromatic carbocycles. The molecule has 25 heavy (non-hydrogen) atoms. The summed E-state index contributed by atoms with van der Waals surface area (Å²) in [7, 11) is -1.65. The average Bonchev–Trinajstić information content (AvgIpc) is 2.54. The van der Waals surface area contributed by atoms with Crippen molar-refractivity contribution in [2.24, 2.45) is 4.40 Å². The van der Waals surface area contributed by atoms with E-state index in [0.717, 1.165) is 0 Å². The molecule has 0 fully saturated rings. The number of nitriles is 1. The molecule has 0 bridgehead atoms. The molecule has 2 rings (SSSR count). The molecule has 1 atom stereocenters. The summed E-state index contributed by atoms with van der Waals surface area (Å²) in [5.41, 5.74) is 0.601. The smallest absolute Gasteiger partial charge is 0.145 e. The SMILES string of the molecule is CC(C)(C)S(=O)N=C(c1ccc(F)c(Br)c1)c1cccc(F)c1C#N. The van der Waals surface area contributed by atoms with E-state index in [4.69, 9.17) is 0 Å². The summed E-state index contributed by atoms with van der Waals surface area (Å²) in [6, 6.07) is 10.1.